The van der Waals surface area contributed by atoms with E-state index in [4.69, 9.17) is 5.26 Å². The molecule has 0 spiro atoms. The second-order valence-electron chi connectivity index (χ2n) is 4.08. The molecule has 2 rings (SSSR count). The first-order valence-electron chi connectivity index (χ1n) is 5.77. The molecule has 0 aliphatic rings. The number of anilines is 1. The summed E-state index contributed by atoms with van der Waals surface area (Å²) in [6.45, 7) is 0.532. The molecule has 0 atom stereocenters. The Morgan fingerprint density at radius 2 is 1.95 bits per heavy atom. The van der Waals surface area contributed by atoms with E-state index in [0.29, 0.717) is 16.6 Å². The van der Waals surface area contributed by atoms with Crippen LogP contribution in [-0.2, 0) is 6.54 Å². The monoisotopic (exact) mass is 331 g/mol. The van der Waals surface area contributed by atoms with E-state index in [1.807, 2.05) is 12.1 Å². The van der Waals surface area contributed by atoms with Crippen molar-refractivity contribution in [3.63, 3.8) is 0 Å². The average Bonchev–Trinajstić information content (AvgIpc) is 2.46. The minimum Gasteiger partial charge on any atom is -0.381 e. The van der Waals surface area contributed by atoms with E-state index in [2.05, 4.69) is 27.3 Å². The number of nitrogens with zero attached hydrogens (tertiary/aromatic N) is 2. The lowest BCUT2D eigenvalue weighted by Gasteiger charge is -2.08. The van der Waals surface area contributed by atoms with Crippen LogP contribution >= 0.6 is 15.9 Å². The summed E-state index contributed by atoms with van der Waals surface area (Å²) in [6, 6.07) is 13.8. The van der Waals surface area contributed by atoms with Gasteiger partial charge in [-0.1, -0.05) is 15.9 Å². The Balaban J connectivity index is 2.07. The molecule has 0 aliphatic heterocycles. The highest BCUT2D eigenvalue weighted by Gasteiger charge is 2.08. The molecule has 20 heavy (non-hydrogen) atoms. The number of rotatable bonds is 4. The summed E-state index contributed by atoms with van der Waals surface area (Å²) in [5.41, 5.74) is 2.46. The van der Waals surface area contributed by atoms with E-state index in [1.54, 1.807) is 18.2 Å². The van der Waals surface area contributed by atoms with Crippen molar-refractivity contribution in [3.05, 3.63) is 68.2 Å². The van der Waals surface area contributed by atoms with Gasteiger partial charge in [-0.25, -0.2) is 0 Å². The van der Waals surface area contributed by atoms with Crippen LogP contribution in [0.15, 0.2) is 46.9 Å². The molecule has 0 bridgehead atoms. The van der Waals surface area contributed by atoms with Crippen molar-refractivity contribution in [2.45, 2.75) is 6.54 Å². The first kappa shape index (κ1) is 14.0. The first-order valence-corrected chi connectivity index (χ1v) is 6.56. The van der Waals surface area contributed by atoms with E-state index in [0.717, 1.165) is 11.3 Å². The maximum atomic E-state index is 10.6. The molecule has 0 unspecified atom stereocenters. The number of halogens is 1. The van der Waals surface area contributed by atoms with Crippen molar-refractivity contribution in [1.82, 2.24) is 0 Å². The van der Waals surface area contributed by atoms with Gasteiger partial charge in [-0.05, 0) is 35.9 Å². The molecule has 0 amide bonds. The summed E-state index contributed by atoms with van der Waals surface area (Å²) in [7, 11) is 0. The molecule has 0 aromatic heterocycles. The molecule has 1 N–H and O–H groups in total. The lowest BCUT2D eigenvalue weighted by atomic mass is 10.2. The molecule has 6 heteroatoms. The maximum absolute atomic E-state index is 10.6. The number of nitro benzene ring substituents is 1. The predicted octanol–water partition coefficient (Wildman–Crippen LogP) is 3.84. The van der Waals surface area contributed by atoms with Crippen molar-refractivity contribution in [2.24, 2.45) is 0 Å². The van der Waals surface area contributed by atoms with Crippen LogP contribution in [-0.4, -0.2) is 4.92 Å². The van der Waals surface area contributed by atoms with Gasteiger partial charge in [0, 0.05) is 28.8 Å². The van der Waals surface area contributed by atoms with Crippen molar-refractivity contribution in [1.29, 1.82) is 5.26 Å². The smallest absolute Gasteiger partial charge is 0.270 e. The lowest BCUT2D eigenvalue weighted by Crippen LogP contribution is -2.00. The zero-order valence-corrected chi connectivity index (χ0v) is 11.9. The number of nitrogens with one attached hydrogen (secondary N) is 1. The Labute approximate surface area is 124 Å². The molecule has 2 aromatic carbocycles. The Hall–Kier alpha value is -2.39. The molecule has 0 saturated carbocycles. The normalized spacial score (nSPS) is 9.80. The average molecular weight is 332 g/mol. The summed E-state index contributed by atoms with van der Waals surface area (Å²) in [5.74, 6) is 0. The molecule has 0 heterocycles. The highest BCUT2D eigenvalue weighted by Crippen LogP contribution is 2.23. The molecule has 0 saturated heterocycles. The third-order valence-corrected chi connectivity index (χ3v) is 3.48. The summed E-state index contributed by atoms with van der Waals surface area (Å²) in [5, 5.41) is 22.6. The van der Waals surface area contributed by atoms with Gasteiger partial charge < -0.3 is 5.32 Å². The second-order valence-corrected chi connectivity index (χ2v) is 4.93. The number of hydrogen-bond donors (Lipinski definition) is 1. The maximum Gasteiger partial charge on any atom is 0.270 e. The van der Waals surface area contributed by atoms with Crippen LogP contribution in [0, 0.1) is 21.4 Å². The molecular weight excluding hydrogens is 322 g/mol. The number of non-ortho nitro benzene ring substituents is 1. The molecule has 0 radical (unpaired) electrons. The highest BCUT2D eigenvalue weighted by molar-refractivity contribution is 9.10. The standard InChI is InChI=1S/C14H10BrN3O2/c15-14-7-13(18(19)20)6-3-11(14)9-17-12-4-1-10(8-16)2-5-12/h1-7,17H,9H2. The van der Waals surface area contributed by atoms with Gasteiger partial charge in [0.05, 0.1) is 16.6 Å². The SMILES string of the molecule is N#Cc1ccc(NCc2ccc([N+](=O)[O-])cc2Br)cc1. The summed E-state index contributed by atoms with van der Waals surface area (Å²) >= 11 is 3.32. The molecule has 100 valence electrons. The van der Waals surface area contributed by atoms with Gasteiger partial charge in [-0.2, -0.15) is 5.26 Å². The van der Waals surface area contributed by atoms with Crippen LogP contribution in [0.3, 0.4) is 0 Å². The van der Waals surface area contributed by atoms with Crippen LogP contribution < -0.4 is 5.32 Å². The third kappa shape index (κ3) is 3.33. The summed E-state index contributed by atoms with van der Waals surface area (Å²) in [4.78, 5) is 10.2. The van der Waals surface area contributed by atoms with Gasteiger partial charge in [-0.3, -0.25) is 10.1 Å². The van der Waals surface area contributed by atoms with Gasteiger partial charge in [-0.15, -0.1) is 0 Å². The van der Waals surface area contributed by atoms with Crippen LogP contribution in [0.4, 0.5) is 11.4 Å². The van der Waals surface area contributed by atoms with Crippen LogP contribution in [0.1, 0.15) is 11.1 Å². The molecule has 0 fully saturated rings. The molecule has 5 nitrogen and oxygen atoms in total. The van der Waals surface area contributed by atoms with E-state index >= 15 is 0 Å². The van der Waals surface area contributed by atoms with Crippen LogP contribution in [0.5, 0.6) is 0 Å². The fraction of sp³-hybridized carbons (Fsp3) is 0.0714. The number of nitro groups is 1. The van der Waals surface area contributed by atoms with Gasteiger partial charge >= 0.3 is 0 Å². The van der Waals surface area contributed by atoms with Crippen molar-refractivity contribution in [3.8, 4) is 6.07 Å². The van der Waals surface area contributed by atoms with Gasteiger partial charge in [0.15, 0.2) is 0 Å². The fourth-order valence-corrected chi connectivity index (χ4v) is 2.16. The van der Waals surface area contributed by atoms with Crippen LogP contribution in [0.25, 0.3) is 0 Å². The summed E-state index contributed by atoms with van der Waals surface area (Å²) in [6.07, 6.45) is 0. The number of nitriles is 1. The van der Waals surface area contributed by atoms with Crippen molar-refractivity contribution < 1.29 is 4.92 Å². The zero-order chi connectivity index (χ0) is 14.5. The quantitative estimate of drug-likeness (QED) is 0.681. The van der Waals surface area contributed by atoms with Gasteiger partial charge in [0.25, 0.3) is 5.69 Å². The topological polar surface area (TPSA) is 79.0 Å². The summed E-state index contributed by atoms with van der Waals surface area (Å²) < 4.78 is 0.688. The third-order valence-electron chi connectivity index (χ3n) is 2.74. The minimum absolute atomic E-state index is 0.0546. The van der Waals surface area contributed by atoms with E-state index in [9.17, 15) is 10.1 Å². The Morgan fingerprint density at radius 1 is 1.25 bits per heavy atom. The second kappa shape index (κ2) is 6.17. The number of hydrogen-bond acceptors (Lipinski definition) is 4. The largest absolute Gasteiger partial charge is 0.381 e. The van der Waals surface area contributed by atoms with Gasteiger partial charge in [0.1, 0.15) is 0 Å². The van der Waals surface area contributed by atoms with E-state index in [-0.39, 0.29) is 5.69 Å². The minimum atomic E-state index is -0.428. The van der Waals surface area contributed by atoms with Crippen LogP contribution in [0.2, 0.25) is 0 Å². The van der Waals surface area contributed by atoms with E-state index in [1.165, 1.54) is 12.1 Å². The molecule has 2 aromatic rings. The molecular formula is C14H10BrN3O2. The Kier molecular flexibility index (Phi) is 4.33. The molecule has 0 aliphatic carbocycles. The highest BCUT2D eigenvalue weighted by atomic mass is 79.9. The Bertz CT molecular complexity index is 678. The number of benzene rings is 2. The van der Waals surface area contributed by atoms with Crippen molar-refractivity contribution in [2.75, 3.05) is 5.32 Å². The Morgan fingerprint density at radius 3 is 2.50 bits per heavy atom. The fourth-order valence-electron chi connectivity index (χ4n) is 1.65. The lowest BCUT2D eigenvalue weighted by molar-refractivity contribution is -0.384. The van der Waals surface area contributed by atoms with Crippen molar-refractivity contribution >= 4 is 27.3 Å². The van der Waals surface area contributed by atoms with E-state index < -0.39 is 4.92 Å². The van der Waals surface area contributed by atoms with Gasteiger partial charge in [0.2, 0.25) is 0 Å². The first-order chi connectivity index (χ1) is 9.60. The zero-order valence-electron chi connectivity index (χ0n) is 10.3. The predicted molar refractivity (Wildman–Crippen MR) is 79.3 cm³/mol.